The molecule has 1 aliphatic carbocycles. The lowest BCUT2D eigenvalue weighted by Crippen LogP contribution is -2.49. The number of hydrogen-bond donors (Lipinski definition) is 2. The molecule has 1 saturated carbocycles. The van der Waals surface area contributed by atoms with E-state index in [1.165, 1.54) is 0 Å². The van der Waals surface area contributed by atoms with E-state index in [0.717, 1.165) is 36.1 Å². The lowest BCUT2D eigenvalue weighted by atomic mass is 9.64. The maximum atomic E-state index is 12.4. The molecule has 2 aromatic carbocycles. The van der Waals surface area contributed by atoms with Crippen LogP contribution in [0.1, 0.15) is 47.7 Å². The number of nitrogens with one attached hydrogen (secondary N) is 2. The number of amides is 2. The van der Waals surface area contributed by atoms with Gasteiger partial charge in [0.15, 0.2) is 0 Å². The Bertz CT molecular complexity index is 759. The summed E-state index contributed by atoms with van der Waals surface area (Å²) in [5.74, 6) is -0.0208. The van der Waals surface area contributed by atoms with Crippen LogP contribution in [0.5, 0.6) is 0 Å². The average molecular weight is 336 g/mol. The number of anilines is 1. The minimum atomic E-state index is -0.393. The summed E-state index contributed by atoms with van der Waals surface area (Å²) in [6.07, 6.45) is 2.84. The van der Waals surface area contributed by atoms with E-state index in [1.807, 2.05) is 62.4 Å². The fraction of sp³-hybridized carbons (Fsp3) is 0.333. The van der Waals surface area contributed by atoms with Crippen molar-refractivity contribution in [1.29, 1.82) is 0 Å². The SMILES string of the molecule is CCNC(=O)C1(c2ccc(NC(=O)c3ccc(C)cc3)cc2)CCC1. The predicted molar refractivity (Wildman–Crippen MR) is 99.8 cm³/mol. The van der Waals surface area contributed by atoms with Gasteiger partial charge in [0.05, 0.1) is 5.41 Å². The molecule has 0 spiro atoms. The molecule has 4 nitrogen and oxygen atoms in total. The second kappa shape index (κ2) is 7.09. The molecule has 130 valence electrons. The zero-order valence-corrected chi connectivity index (χ0v) is 14.8. The zero-order valence-electron chi connectivity index (χ0n) is 14.8. The minimum Gasteiger partial charge on any atom is -0.356 e. The van der Waals surface area contributed by atoms with Gasteiger partial charge in [-0.2, -0.15) is 0 Å². The molecule has 0 atom stereocenters. The molecule has 25 heavy (non-hydrogen) atoms. The van der Waals surface area contributed by atoms with Gasteiger partial charge in [-0.05, 0) is 56.5 Å². The molecule has 2 N–H and O–H groups in total. The molecule has 1 fully saturated rings. The highest BCUT2D eigenvalue weighted by Gasteiger charge is 2.45. The van der Waals surface area contributed by atoms with Crippen molar-refractivity contribution in [3.8, 4) is 0 Å². The van der Waals surface area contributed by atoms with E-state index in [1.54, 1.807) is 0 Å². The van der Waals surface area contributed by atoms with Crippen molar-refractivity contribution in [3.05, 3.63) is 65.2 Å². The van der Waals surface area contributed by atoms with Crippen LogP contribution < -0.4 is 10.6 Å². The standard InChI is InChI=1S/C21H24N2O2/c1-3-22-20(25)21(13-4-14-21)17-9-11-18(12-10-17)23-19(24)16-7-5-15(2)6-8-16/h5-12H,3-4,13-14H2,1-2H3,(H,22,25)(H,23,24). The Balaban J connectivity index is 1.73. The summed E-state index contributed by atoms with van der Waals surface area (Å²) in [5, 5.41) is 5.86. The van der Waals surface area contributed by atoms with Gasteiger partial charge in [-0.25, -0.2) is 0 Å². The molecule has 0 aliphatic heterocycles. The molecular formula is C21H24N2O2. The van der Waals surface area contributed by atoms with E-state index >= 15 is 0 Å². The summed E-state index contributed by atoms with van der Waals surface area (Å²) in [7, 11) is 0. The van der Waals surface area contributed by atoms with Gasteiger partial charge in [-0.15, -0.1) is 0 Å². The number of hydrogen-bond acceptors (Lipinski definition) is 2. The third-order valence-electron chi connectivity index (χ3n) is 4.99. The van der Waals surface area contributed by atoms with Crippen molar-refractivity contribution in [2.75, 3.05) is 11.9 Å². The molecule has 1 aliphatic rings. The highest BCUT2D eigenvalue weighted by atomic mass is 16.2. The number of aryl methyl sites for hydroxylation is 1. The molecule has 0 radical (unpaired) electrons. The number of carbonyl (C=O) groups is 2. The van der Waals surface area contributed by atoms with Crippen LogP contribution in [0.25, 0.3) is 0 Å². The number of likely N-dealkylation sites (N-methyl/N-ethyl adjacent to an activating group) is 1. The number of carbonyl (C=O) groups excluding carboxylic acids is 2. The number of rotatable bonds is 5. The summed E-state index contributed by atoms with van der Waals surface area (Å²) in [6.45, 7) is 4.57. The van der Waals surface area contributed by atoms with Crippen molar-refractivity contribution in [3.63, 3.8) is 0 Å². The second-order valence-electron chi connectivity index (χ2n) is 6.69. The highest BCUT2D eigenvalue weighted by Crippen LogP contribution is 2.44. The third-order valence-corrected chi connectivity index (χ3v) is 4.99. The molecule has 0 bridgehead atoms. The molecule has 2 aromatic rings. The Kier molecular flexibility index (Phi) is 4.88. The van der Waals surface area contributed by atoms with Crippen LogP contribution in [0.15, 0.2) is 48.5 Å². The molecule has 2 amide bonds. The quantitative estimate of drug-likeness (QED) is 0.872. The average Bonchev–Trinajstić information content (AvgIpc) is 2.56. The Morgan fingerprint density at radius 3 is 2.16 bits per heavy atom. The summed E-state index contributed by atoms with van der Waals surface area (Å²) in [5.41, 5.74) is 3.12. The van der Waals surface area contributed by atoms with Gasteiger partial charge in [0.1, 0.15) is 0 Å². The topological polar surface area (TPSA) is 58.2 Å². The van der Waals surface area contributed by atoms with E-state index in [4.69, 9.17) is 0 Å². The van der Waals surface area contributed by atoms with Gasteiger partial charge in [-0.3, -0.25) is 9.59 Å². The fourth-order valence-electron chi connectivity index (χ4n) is 3.29. The first-order valence-corrected chi connectivity index (χ1v) is 8.82. The van der Waals surface area contributed by atoms with Gasteiger partial charge in [0.2, 0.25) is 5.91 Å². The smallest absolute Gasteiger partial charge is 0.255 e. The van der Waals surface area contributed by atoms with Crippen LogP contribution in [-0.2, 0) is 10.2 Å². The summed E-state index contributed by atoms with van der Waals surface area (Å²) >= 11 is 0. The fourth-order valence-corrected chi connectivity index (χ4v) is 3.29. The van der Waals surface area contributed by atoms with E-state index < -0.39 is 5.41 Å². The van der Waals surface area contributed by atoms with Gasteiger partial charge in [0.25, 0.3) is 5.91 Å². The normalized spacial score (nSPS) is 15.1. The lowest BCUT2D eigenvalue weighted by Gasteiger charge is -2.40. The summed E-state index contributed by atoms with van der Waals surface area (Å²) in [4.78, 5) is 24.7. The predicted octanol–water partition coefficient (Wildman–Crippen LogP) is 3.81. The summed E-state index contributed by atoms with van der Waals surface area (Å²) < 4.78 is 0. The second-order valence-corrected chi connectivity index (χ2v) is 6.69. The van der Waals surface area contributed by atoms with E-state index in [9.17, 15) is 9.59 Å². The molecule has 0 unspecified atom stereocenters. The molecule has 3 rings (SSSR count). The van der Waals surface area contributed by atoms with Crippen molar-refractivity contribution >= 4 is 17.5 Å². The van der Waals surface area contributed by atoms with Crippen LogP contribution >= 0.6 is 0 Å². The Hall–Kier alpha value is -2.62. The van der Waals surface area contributed by atoms with Crippen molar-refractivity contribution in [2.45, 2.75) is 38.5 Å². The van der Waals surface area contributed by atoms with Crippen LogP contribution in [0.4, 0.5) is 5.69 Å². The Labute approximate surface area is 148 Å². The van der Waals surface area contributed by atoms with Crippen molar-refractivity contribution in [1.82, 2.24) is 5.32 Å². The van der Waals surface area contributed by atoms with E-state index in [-0.39, 0.29) is 11.8 Å². The first-order valence-electron chi connectivity index (χ1n) is 8.82. The Morgan fingerprint density at radius 2 is 1.64 bits per heavy atom. The lowest BCUT2D eigenvalue weighted by molar-refractivity contribution is -0.129. The Morgan fingerprint density at radius 1 is 1.00 bits per heavy atom. The van der Waals surface area contributed by atoms with Crippen molar-refractivity contribution < 1.29 is 9.59 Å². The monoisotopic (exact) mass is 336 g/mol. The van der Waals surface area contributed by atoms with Gasteiger partial charge in [-0.1, -0.05) is 36.2 Å². The van der Waals surface area contributed by atoms with E-state index in [0.29, 0.717) is 12.1 Å². The van der Waals surface area contributed by atoms with Gasteiger partial charge < -0.3 is 10.6 Å². The van der Waals surface area contributed by atoms with Crippen molar-refractivity contribution in [2.24, 2.45) is 0 Å². The minimum absolute atomic E-state index is 0.109. The molecule has 0 saturated heterocycles. The van der Waals surface area contributed by atoms with Crippen LogP contribution in [0.2, 0.25) is 0 Å². The van der Waals surface area contributed by atoms with Crippen LogP contribution in [0.3, 0.4) is 0 Å². The maximum Gasteiger partial charge on any atom is 0.255 e. The molecule has 4 heteroatoms. The number of benzene rings is 2. The first kappa shape index (κ1) is 17.2. The summed E-state index contributed by atoms with van der Waals surface area (Å²) in [6, 6.07) is 15.1. The largest absolute Gasteiger partial charge is 0.356 e. The van der Waals surface area contributed by atoms with Gasteiger partial charge in [0, 0.05) is 17.8 Å². The molecular weight excluding hydrogens is 312 g/mol. The maximum absolute atomic E-state index is 12.4. The van der Waals surface area contributed by atoms with Crippen LogP contribution in [0, 0.1) is 6.92 Å². The highest BCUT2D eigenvalue weighted by molar-refractivity contribution is 6.04. The first-order chi connectivity index (χ1) is 12.0. The van der Waals surface area contributed by atoms with E-state index in [2.05, 4.69) is 10.6 Å². The molecule has 0 aromatic heterocycles. The van der Waals surface area contributed by atoms with Gasteiger partial charge >= 0.3 is 0 Å². The van der Waals surface area contributed by atoms with Crippen LogP contribution in [-0.4, -0.2) is 18.4 Å². The third kappa shape index (κ3) is 3.43. The zero-order chi connectivity index (χ0) is 17.9. The molecule has 0 heterocycles.